The third-order valence-corrected chi connectivity index (χ3v) is 7.06. The van der Waals surface area contributed by atoms with Crippen LogP contribution in [0, 0.1) is 6.92 Å². The SMILES string of the molecule is Cc1c(C(=O)N2CCN(C3CCN(C)CC3)C(C)C2)nnn1-c1cccc2cccnc12. The molecule has 0 N–H and O–H groups in total. The molecule has 0 spiro atoms. The molecule has 8 heteroatoms. The first-order chi connectivity index (χ1) is 15.5. The van der Waals surface area contributed by atoms with Crippen molar-refractivity contribution in [1.29, 1.82) is 0 Å². The van der Waals surface area contributed by atoms with E-state index < -0.39 is 0 Å². The van der Waals surface area contributed by atoms with Crippen molar-refractivity contribution in [2.24, 2.45) is 0 Å². The maximum absolute atomic E-state index is 13.4. The third kappa shape index (κ3) is 3.78. The Labute approximate surface area is 188 Å². The van der Waals surface area contributed by atoms with Gasteiger partial charge in [-0.3, -0.25) is 14.7 Å². The van der Waals surface area contributed by atoms with E-state index in [-0.39, 0.29) is 5.91 Å². The first-order valence-corrected chi connectivity index (χ1v) is 11.5. The van der Waals surface area contributed by atoms with E-state index in [1.165, 1.54) is 12.8 Å². The molecule has 2 saturated heterocycles. The summed E-state index contributed by atoms with van der Waals surface area (Å²) in [5.74, 6) is -0.0307. The van der Waals surface area contributed by atoms with Gasteiger partial charge in [-0.2, -0.15) is 0 Å². The number of nitrogens with zero attached hydrogens (tertiary/aromatic N) is 7. The van der Waals surface area contributed by atoms with Gasteiger partial charge in [-0.05, 0) is 59.0 Å². The molecule has 2 fully saturated rings. The number of pyridine rings is 1. The number of rotatable bonds is 3. The monoisotopic (exact) mass is 433 g/mol. The Kier molecular flexibility index (Phi) is 5.65. The number of para-hydroxylation sites is 1. The lowest BCUT2D eigenvalue weighted by atomic mass is 10.00. The quantitative estimate of drug-likeness (QED) is 0.632. The first kappa shape index (κ1) is 21.0. The highest BCUT2D eigenvalue weighted by Crippen LogP contribution is 2.24. The zero-order valence-electron chi connectivity index (χ0n) is 19.1. The number of piperazine rings is 1. The number of amides is 1. The fourth-order valence-corrected chi connectivity index (χ4v) is 5.19. The number of aromatic nitrogens is 4. The maximum Gasteiger partial charge on any atom is 0.276 e. The molecule has 1 amide bonds. The van der Waals surface area contributed by atoms with Gasteiger partial charge in [0.1, 0.15) is 0 Å². The van der Waals surface area contributed by atoms with Crippen LogP contribution < -0.4 is 0 Å². The minimum Gasteiger partial charge on any atom is -0.334 e. The molecule has 3 aromatic rings. The van der Waals surface area contributed by atoms with E-state index in [4.69, 9.17) is 0 Å². The van der Waals surface area contributed by atoms with Crippen molar-refractivity contribution >= 4 is 16.8 Å². The lowest BCUT2D eigenvalue weighted by Gasteiger charge is -2.46. The smallest absolute Gasteiger partial charge is 0.276 e. The molecule has 168 valence electrons. The van der Waals surface area contributed by atoms with Gasteiger partial charge in [-0.1, -0.05) is 23.4 Å². The molecule has 0 bridgehead atoms. The number of carbonyl (C=O) groups is 1. The van der Waals surface area contributed by atoms with Crippen LogP contribution in [0.3, 0.4) is 0 Å². The van der Waals surface area contributed by atoms with Crippen LogP contribution in [0.1, 0.15) is 35.9 Å². The summed E-state index contributed by atoms with van der Waals surface area (Å²) in [6, 6.07) is 10.9. The van der Waals surface area contributed by atoms with Crippen molar-refractivity contribution in [2.75, 3.05) is 39.8 Å². The summed E-state index contributed by atoms with van der Waals surface area (Å²) >= 11 is 0. The van der Waals surface area contributed by atoms with Gasteiger partial charge < -0.3 is 9.80 Å². The number of likely N-dealkylation sites (tertiary alicyclic amines) is 1. The average Bonchev–Trinajstić information content (AvgIpc) is 3.20. The van der Waals surface area contributed by atoms with Gasteiger partial charge in [-0.15, -0.1) is 5.10 Å². The summed E-state index contributed by atoms with van der Waals surface area (Å²) in [6.45, 7) is 8.84. The molecule has 2 aliphatic rings. The number of piperidine rings is 1. The van der Waals surface area contributed by atoms with E-state index in [1.54, 1.807) is 10.9 Å². The van der Waals surface area contributed by atoms with E-state index in [9.17, 15) is 4.79 Å². The van der Waals surface area contributed by atoms with Crippen LogP contribution in [0.25, 0.3) is 16.6 Å². The van der Waals surface area contributed by atoms with Gasteiger partial charge in [0.2, 0.25) is 0 Å². The molecule has 1 unspecified atom stereocenters. The Bertz CT molecular complexity index is 1110. The average molecular weight is 434 g/mol. The summed E-state index contributed by atoms with van der Waals surface area (Å²) in [7, 11) is 2.19. The summed E-state index contributed by atoms with van der Waals surface area (Å²) in [6.07, 6.45) is 4.19. The van der Waals surface area contributed by atoms with Crippen LogP contribution in [0.15, 0.2) is 36.5 Å². The molecule has 0 saturated carbocycles. The van der Waals surface area contributed by atoms with E-state index in [0.29, 0.717) is 17.8 Å². The Morgan fingerprint density at radius 1 is 1.06 bits per heavy atom. The lowest BCUT2D eigenvalue weighted by molar-refractivity contribution is 0.0224. The Morgan fingerprint density at radius 3 is 2.62 bits per heavy atom. The molecule has 32 heavy (non-hydrogen) atoms. The summed E-state index contributed by atoms with van der Waals surface area (Å²) < 4.78 is 1.74. The molecule has 2 aliphatic heterocycles. The van der Waals surface area contributed by atoms with Crippen molar-refractivity contribution in [3.63, 3.8) is 0 Å². The number of hydrogen-bond donors (Lipinski definition) is 0. The maximum atomic E-state index is 13.4. The Hall–Kier alpha value is -2.84. The summed E-state index contributed by atoms with van der Waals surface area (Å²) in [4.78, 5) is 24.8. The number of fused-ring (bicyclic) bond motifs is 1. The second-order valence-corrected chi connectivity index (χ2v) is 9.16. The minimum atomic E-state index is -0.0307. The highest BCUT2D eigenvalue weighted by Gasteiger charge is 2.34. The second kappa shape index (κ2) is 8.60. The van der Waals surface area contributed by atoms with Crippen LogP contribution >= 0.6 is 0 Å². The molecule has 1 aromatic carbocycles. The van der Waals surface area contributed by atoms with Crippen LogP contribution in [-0.4, -0.2) is 92.4 Å². The largest absolute Gasteiger partial charge is 0.334 e. The van der Waals surface area contributed by atoms with E-state index >= 15 is 0 Å². The van der Waals surface area contributed by atoms with Gasteiger partial charge in [0.15, 0.2) is 5.69 Å². The highest BCUT2D eigenvalue weighted by atomic mass is 16.2. The molecule has 0 aliphatic carbocycles. The fourth-order valence-electron chi connectivity index (χ4n) is 5.19. The predicted octanol–water partition coefficient (Wildman–Crippen LogP) is 2.36. The first-order valence-electron chi connectivity index (χ1n) is 11.5. The van der Waals surface area contributed by atoms with Gasteiger partial charge in [-0.25, -0.2) is 4.68 Å². The standard InChI is InChI=1S/C24H31N7O/c1-17-16-29(14-15-30(17)20-9-12-28(3)13-10-20)24(32)22-18(2)31(27-26-22)21-8-4-6-19-7-5-11-25-23(19)21/h4-8,11,17,20H,9-10,12-16H2,1-3H3. The van der Waals surface area contributed by atoms with Gasteiger partial charge in [0, 0.05) is 43.3 Å². The van der Waals surface area contributed by atoms with Crippen molar-refractivity contribution in [2.45, 2.75) is 38.8 Å². The molecule has 8 nitrogen and oxygen atoms in total. The van der Waals surface area contributed by atoms with Crippen molar-refractivity contribution in [1.82, 2.24) is 34.7 Å². The second-order valence-electron chi connectivity index (χ2n) is 9.16. The third-order valence-electron chi connectivity index (χ3n) is 7.06. The van der Waals surface area contributed by atoms with E-state index in [2.05, 4.69) is 39.1 Å². The fraction of sp³-hybridized carbons (Fsp3) is 0.500. The van der Waals surface area contributed by atoms with Crippen LogP contribution in [0.2, 0.25) is 0 Å². The Morgan fingerprint density at radius 2 is 1.84 bits per heavy atom. The molecule has 1 atom stereocenters. The van der Waals surface area contributed by atoms with E-state index in [1.807, 2.05) is 42.2 Å². The molecule has 0 radical (unpaired) electrons. The lowest BCUT2D eigenvalue weighted by Crippen LogP contribution is -2.58. The molecule has 4 heterocycles. The van der Waals surface area contributed by atoms with Crippen molar-refractivity contribution in [3.8, 4) is 5.69 Å². The molecule has 2 aromatic heterocycles. The molecule has 5 rings (SSSR count). The van der Waals surface area contributed by atoms with Gasteiger partial charge >= 0.3 is 0 Å². The minimum absolute atomic E-state index is 0.0307. The topological polar surface area (TPSA) is 70.4 Å². The number of benzene rings is 1. The molecular weight excluding hydrogens is 402 g/mol. The zero-order chi connectivity index (χ0) is 22.2. The van der Waals surface area contributed by atoms with Crippen LogP contribution in [-0.2, 0) is 0 Å². The normalized spacial score (nSPS) is 21.3. The van der Waals surface area contributed by atoms with E-state index in [0.717, 1.165) is 55.0 Å². The number of hydrogen-bond acceptors (Lipinski definition) is 6. The van der Waals surface area contributed by atoms with Gasteiger partial charge in [0.05, 0.1) is 16.9 Å². The Balaban J connectivity index is 1.33. The number of carbonyl (C=O) groups excluding carboxylic acids is 1. The van der Waals surface area contributed by atoms with Crippen LogP contribution in [0.4, 0.5) is 0 Å². The summed E-state index contributed by atoms with van der Waals surface area (Å²) in [5, 5.41) is 9.66. The van der Waals surface area contributed by atoms with Crippen molar-refractivity contribution < 1.29 is 4.79 Å². The predicted molar refractivity (Wildman–Crippen MR) is 124 cm³/mol. The highest BCUT2D eigenvalue weighted by molar-refractivity contribution is 5.94. The van der Waals surface area contributed by atoms with Crippen molar-refractivity contribution in [3.05, 3.63) is 47.9 Å². The van der Waals surface area contributed by atoms with Gasteiger partial charge in [0.25, 0.3) is 5.91 Å². The summed E-state index contributed by atoms with van der Waals surface area (Å²) in [5.41, 5.74) is 2.87. The molecular formula is C24H31N7O. The van der Waals surface area contributed by atoms with Crippen LogP contribution in [0.5, 0.6) is 0 Å². The zero-order valence-corrected chi connectivity index (χ0v) is 19.1.